The number of methoxy groups -OCH3 is 2. The summed E-state index contributed by atoms with van der Waals surface area (Å²) in [6, 6.07) is 13.7. The average Bonchev–Trinajstić information content (AvgIpc) is 2.66. The van der Waals surface area contributed by atoms with E-state index in [1.165, 1.54) is 0 Å². The number of carbonyl (C=O) groups excluding carboxylic acids is 1. The largest absolute Gasteiger partial charge is 0.497 e. The fourth-order valence-corrected chi connectivity index (χ4v) is 2.31. The van der Waals surface area contributed by atoms with Crippen LogP contribution < -0.4 is 19.5 Å². The molecular formula is C19H20N2O4. The first kappa shape index (κ1) is 18.1. The van der Waals surface area contributed by atoms with Gasteiger partial charge in [0, 0.05) is 5.56 Å². The van der Waals surface area contributed by atoms with Crippen LogP contribution in [0.1, 0.15) is 24.1 Å². The second kappa shape index (κ2) is 8.60. The number of hydrogen-bond donors (Lipinski definition) is 1. The van der Waals surface area contributed by atoms with Crippen LogP contribution in [0.2, 0.25) is 0 Å². The van der Waals surface area contributed by atoms with E-state index in [1.807, 2.05) is 19.1 Å². The van der Waals surface area contributed by atoms with E-state index in [-0.39, 0.29) is 18.6 Å². The molecule has 2 aromatic rings. The fourth-order valence-electron chi connectivity index (χ4n) is 2.31. The molecule has 0 aliphatic carbocycles. The first-order valence-corrected chi connectivity index (χ1v) is 7.71. The number of nitrogens with one attached hydrogen (secondary N) is 1. The summed E-state index contributed by atoms with van der Waals surface area (Å²) in [7, 11) is 3.16. The molecule has 0 aliphatic heterocycles. The van der Waals surface area contributed by atoms with Gasteiger partial charge in [-0.3, -0.25) is 4.79 Å². The summed E-state index contributed by atoms with van der Waals surface area (Å²) in [6.45, 7) is 1.74. The lowest BCUT2D eigenvalue weighted by Crippen LogP contribution is -2.31. The Kier molecular flexibility index (Phi) is 6.24. The standard InChI is InChI=1S/C19H20N2O4/c1-13(17-10-16(23-2)8-9-18(17)24-3)21-19(22)12-25-15-6-4-14(11-20)5-7-15/h4-10,13H,12H2,1-3H3,(H,21,22). The third kappa shape index (κ3) is 4.88. The molecule has 6 nitrogen and oxygen atoms in total. The lowest BCUT2D eigenvalue weighted by molar-refractivity contribution is -0.123. The van der Waals surface area contributed by atoms with Crippen LogP contribution in [0.25, 0.3) is 0 Å². The fraction of sp³-hybridized carbons (Fsp3) is 0.263. The van der Waals surface area contributed by atoms with Gasteiger partial charge in [0.05, 0.1) is 31.9 Å². The van der Waals surface area contributed by atoms with E-state index < -0.39 is 0 Å². The quantitative estimate of drug-likeness (QED) is 0.838. The summed E-state index contributed by atoms with van der Waals surface area (Å²) in [5, 5.41) is 11.6. The van der Waals surface area contributed by atoms with Gasteiger partial charge in [0.2, 0.25) is 0 Å². The van der Waals surface area contributed by atoms with E-state index in [4.69, 9.17) is 19.5 Å². The Labute approximate surface area is 146 Å². The number of carbonyl (C=O) groups is 1. The molecule has 1 atom stereocenters. The van der Waals surface area contributed by atoms with E-state index in [1.54, 1.807) is 50.6 Å². The predicted octanol–water partition coefficient (Wildman–Crippen LogP) is 2.83. The Morgan fingerprint density at radius 1 is 1.12 bits per heavy atom. The highest BCUT2D eigenvalue weighted by Gasteiger charge is 2.15. The van der Waals surface area contributed by atoms with Crippen LogP contribution >= 0.6 is 0 Å². The average molecular weight is 340 g/mol. The zero-order valence-corrected chi connectivity index (χ0v) is 14.4. The number of ether oxygens (including phenoxy) is 3. The summed E-state index contributed by atoms with van der Waals surface area (Å²) in [5.74, 6) is 1.62. The van der Waals surface area contributed by atoms with Gasteiger partial charge in [-0.05, 0) is 49.4 Å². The molecule has 1 amide bonds. The second-order valence-electron chi connectivity index (χ2n) is 5.32. The smallest absolute Gasteiger partial charge is 0.258 e. The van der Waals surface area contributed by atoms with Crippen molar-refractivity contribution in [2.24, 2.45) is 0 Å². The van der Waals surface area contributed by atoms with Crippen molar-refractivity contribution < 1.29 is 19.0 Å². The van der Waals surface area contributed by atoms with Gasteiger partial charge in [-0.25, -0.2) is 0 Å². The molecule has 0 spiro atoms. The third-order valence-electron chi connectivity index (χ3n) is 3.63. The highest BCUT2D eigenvalue weighted by molar-refractivity contribution is 5.78. The number of nitrogens with zero attached hydrogens (tertiary/aromatic N) is 1. The van der Waals surface area contributed by atoms with Gasteiger partial charge in [-0.2, -0.15) is 5.26 Å². The predicted molar refractivity (Wildman–Crippen MR) is 92.8 cm³/mol. The van der Waals surface area contributed by atoms with E-state index in [0.29, 0.717) is 22.8 Å². The van der Waals surface area contributed by atoms with Crippen LogP contribution in [-0.2, 0) is 4.79 Å². The molecule has 0 aromatic heterocycles. The number of hydrogen-bond acceptors (Lipinski definition) is 5. The van der Waals surface area contributed by atoms with E-state index in [0.717, 1.165) is 5.56 Å². The number of rotatable bonds is 7. The van der Waals surface area contributed by atoms with Crippen molar-refractivity contribution in [1.29, 1.82) is 5.26 Å². The van der Waals surface area contributed by atoms with E-state index in [2.05, 4.69) is 5.32 Å². The van der Waals surface area contributed by atoms with Crippen molar-refractivity contribution >= 4 is 5.91 Å². The molecule has 1 unspecified atom stereocenters. The molecule has 2 rings (SSSR count). The van der Waals surface area contributed by atoms with Crippen molar-refractivity contribution in [2.75, 3.05) is 20.8 Å². The molecule has 0 fully saturated rings. The molecule has 1 N–H and O–H groups in total. The maximum absolute atomic E-state index is 12.1. The summed E-state index contributed by atoms with van der Waals surface area (Å²) < 4.78 is 16.0. The highest BCUT2D eigenvalue weighted by atomic mass is 16.5. The second-order valence-corrected chi connectivity index (χ2v) is 5.32. The molecule has 0 saturated carbocycles. The molecular weight excluding hydrogens is 320 g/mol. The number of nitriles is 1. The van der Waals surface area contributed by atoms with Crippen molar-refractivity contribution in [3.05, 3.63) is 53.6 Å². The Bertz CT molecular complexity index is 766. The van der Waals surface area contributed by atoms with Crippen LogP contribution in [0.5, 0.6) is 17.2 Å². The monoisotopic (exact) mass is 340 g/mol. The van der Waals surface area contributed by atoms with Crippen LogP contribution in [0, 0.1) is 11.3 Å². The van der Waals surface area contributed by atoms with Crippen LogP contribution in [0.4, 0.5) is 0 Å². The van der Waals surface area contributed by atoms with Crippen molar-refractivity contribution in [3.63, 3.8) is 0 Å². The molecule has 0 radical (unpaired) electrons. The van der Waals surface area contributed by atoms with Crippen LogP contribution in [-0.4, -0.2) is 26.7 Å². The molecule has 0 heterocycles. The third-order valence-corrected chi connectivity index (χ3v) is 3.63. The summed E-state index contributed by atoms with van der Waals surface area (Å²) >= 11 is 0. The van der Waals surface area contributed by atoms with Gasteiger partial charge in [-0.1, -0.05) is 0 Å². The van der Waals surface area contributed by atoms with E-state index >= 15 is 0 Å². The maximum atomic E-state index is 12.1. The zero-order chi connectivity index (χ0) is 18.2. The topological polar surface area (TPSA) is 80.6 Å². The summed E-state index contributed by atoms with van der Waals surface area (Å²) in [4.78, 5) is 12.1. The van der Waals surface area contributed by atoms with Crippen LogP contribution in [0.3, 0.4) is 0 Å². The Morgan fingerprint density at radius 3 is 2.40 bits per heavy atom. The van der Waals surface area contributed by atoms with Crippen molar-refractivity contribution in [2.45, 2.75) is 13.0 Å². The van der Waals surface area contributed by atoms with E-state index in [9.17, 15) is 4.79 Å². The molecule has 6 heteroatoms. The van der Waals surface area contributed by atoms with Gasteiger partial charge >= 0.3 is 0 Å². The molecule has 25 heavy (non-hydrogen) atoms. The SMILES string of the molecule is COc1ccc(OC)c(C(C)NC(=O)COc2ccc(C#N)cc2)c1. The van der Waals surface area contributed by atoms with Crippen LogP contribution in [0.15, 0.2) is 42.5 Å². The number of amides is 1. The van der Waals surface area contributed by atoms with Gasteiger partial charge in [0.15, 0.2) is 6.61 Å². The Morgan fingerprint density at radius 2 is 1.80 bits per heavy atom. The first-order chi connectivity index (χ1) is 12.1. The minimum Gasteiger partial charge on any atom is -0.497 e. The molecule has 0 bridgehead atoms. The number of benzene rings is 2. The van der Waals surface area contributed by atoms with Gasteiger partial charge in [-0.15, -0.1) is 0 Å². The van der Waals surface area contributed by atoms with Gasteiger partial charge < -0.3 is 19.5 Å². The lowest BCUT2D eigenvalue weighted by Gasteiger charge is -2.18. The lowest BCUT2D eigenvalue weighted by atomic mass is 10.1. The molecule has 130 valence electrons. The van der Waals surface area contributed by atoms with Crippen molar-refractivity contribution in [1.82, 2.24) is 5.32 Å². The highest BCUT2D eigenvalue weighted by Crippen LogP contribution is 2.29. The zero-order valence-electron chi connectivity index (χ0n) is 14.4. The van der Waals surface area contributed by atoms with Gasteiger partial charge in [0.1, 0.15) is 17.2 Å². The first-order valence-electron chi connectivity index (χ1n) is 7.71. The summed E-state index contributed by atoms with van der Waals surface area (Å²) in [6.07, 6.45) is 0. The van der Waals surface area contributed by atoms with Gasteiger partial charge in [0.25, 0.3) is 5.91 Å². The molecule has 0 aliphatic rings. The van der Waals surface area contributed by atoms with Crippen molar-refractivity contribution in [3.8, 4) is 23.3 Å². The summed E-state index contributed by atoms with van der Waals surface area (Å²) in [5.41, 5.74) is 1.35. The Balaban J connectivity index is 1.96. The minimum atomic E-state index is -0.276. The Hall–Kier alpha value is -3.20. The minimum absolute atomic E-state index is 0.122. The molecule has 2 aromatic carbocycles. The normalized spacial score (nSPS) is 11.1. The maximum Gasteiger partial charge on any atom is 0.258 e. The molecule has 0 saturated heterocycles.